The third-order valence-corrected chi connectivity index (χ3v) is 5.80. The number of carbonyl (C=O) groups is 2. The number of benzene rings is 2. The molecule has 29 heavy (non-hydrogen) atoms. The van der Waals surface area contributed by atoms with E-state index < -0.39 is 0 Å². The lowest BCUT2D eigenvalue weighted by Gasteiger charge is -2.10. The van der Waals surface area contributed by atoms with E-state index in [9.17, 15) is 9.59 Å². The van der Waals surface area contributed by atoms with E-state index in [2.05, 4.69) is 16.0 Å². The first kappa shape index (κ1) is 18.9. The van der Waals surface area contributed by atoms with Gasteiger partial charge in [0.1, 0.15) is 0 Å². The molecule has 0 aliphatic heterocycles. The number of nitrogens with one attached hydrogen (secondary N) is 3. The maximum atomic E-state index is 12.1. The summed E-state index contributed by atoms with van der Waals surface area (Å²) in [6.45, 7) is 0. The number of carbonyl (C=O) groups excluding carboxylic acids is 2. The Morgan fingerprint density at radius 2 is 0.931 bits per heavy atom. The molecule has 0 radical (unpaired) electrons. The summed E-state index contributed by atoms with van der Waals surface area (Å²) in [6.07, 6.45) is 0. The highest BCUT2D eigenvalue weighted by Crippen LogP contribution is 2.22. The molecule has 2 aromatic heterocycles. The lowest BCUT2D eigenvalue weighted by atomic mass is 10.2. The van der Waals surface area contributed by atoms with E-state index in [1.54, 1.807) is 12.1 Å². The highest BCUT2D eigenvalue weighted by Gasteiger charge is 2.08. The van der Waals surface area contributed by atoms with E-state index in [1.807, 2.05) is 71.4 Å². The maximum absolute atomic E-state index is 12.1. The largest absolute Gasteiger partial charge is 0.356 e. The molecule has 144 valence electrons. The highest BCUT2D eigenvalue weighted by molar-refractivity contribution is 7.12. The SMILES string of the molecule is O=C(Nc1ccc(Nc2ccc(NC(=O)c3cccs3)cc2)cc1)c1cccs1. The lowest BCUT2D eigenvalue weighted by Crippen LogP contribution is -2.10. The molecule has 0 fully saturated rings. The summed E-state index contributed by atoms with van der Waals surface area (Å²) in [5.41, 5.74) is 3.27. The molecule has 4 rings (SSSR count). The van der Waals surface area contributed by atoms with Gasteiger partial charge < -0.3 is 16.0 Å². The van der Waals surface area contributed by atoms with Crippen molar-refractivity contribution in [3.63, 3.8) is 0 Å². The predicted molar refractivity (Wildman–Crippen MR) is 121 cm³/mol. The second-order valence-electron chi connectivity index (χ2n) is 6.14. The first-order valence-electron chi connectivity index (χ1n) is 8.84. The van der Waals surface area contributed by atoms with Crippen LogP contribution in [0.3, 0.4) is 0 Å². The fourth-order valence-electron chi connectivity index (χ4n) is 2.64. The average Bonchev–Trinajstić information content (AvgIpc) is 3.45. The number of rotatable bonds is 6. The summed E-state index contributed by atoms with van der Waals surface area (Å²) < 4.78 is 0. The van der Waals surface area contributed by atoms with Crippen LogP contribution in [0.4, 0.5) is 22.7 Å². The van der Waals surface area contributed by atoms with Crippen LogP contribution in [0.1, 0.15) is 19.3 Å². The predicted octanol–water partition coefficient (Wildman–Crippen LogP) is 6.06. The molecule has 0 spiro atoms. The van der Waals surface area contributed by atoms with Crippen LogP contribution in [-0.4, -0.2) is 11.8 Å². The summed E-state index contributed by atoms with van der Waals surface area (Å²) >= 11 is 2.82. The van der Waals surface area contributed by atoms with Gasteiger partial charge in [-0.25, -0.2) is 0 Å². The minimum absolute atomic E-state index is 0.110. The maximum Gasteiger partial charge on any atom is 0.265 e. The average molecular weight is 420 g/mol. The summed E-state index contributed by atoms with van der Waals surface area (Å²) in [5.74, 6) is -0.221. The van der Waals surface area contributed by atoms with Crippen molar-refractivity contribution in [2.75, 3.05) is 16.0 Å². The first-order chi connectivity index (χ1) is 14.2. The second kappa shape index (κ2) is 8.72. The third kappa shape index (κ3) is 4.90. The van der Waals surface area contributed by atoms with Crippen LogP contribution in [0.25, 0.3) is 0 Å². The van der Waals surface area contributed by atoms with E-state index in [-0.39, 0.29) is 11.8 Å². The minimum atomic E-state index is -0.110. The van der Waals surface area contributed by atoms with E-state index in [0.717, 1.165) is 22.7 Å². The van der Waals surface area contributed by atoms with Gasteiger partial charge >= 0.3 is 0 Å². The molecule has 7 heteroatoms. The zero-order valence-electron chi connectivity index (χ0n) is 15.2. The van der Waals surface area contributed by atoms with Gasteiger partial charge in [0.15, 0.2) is 0 Å². The lowest BCUT2D eigenvalue weighted by molar-refractivity contribution is 0.102. The van der Waals surface area contributed by atoms with Crippen molar-refractivity contribution in [1.82, 2.24) is 0 Å². The van der Waals surface area contributed by atoms with E-state index >= 15 is 0 Å². The summed E-state index contributed by atoms with van der Waals surface area (Å²) in [5, 5.41) is 12.8. The van der Waals surface area contributed by atoms with Crippen LogP contribution >= 0.6 is 22.7 Å². The Labute approximate surface area is 176 Å². The van der Waals surface area contributed by atoms with Crippen molar-refractivity contribution in [2.24, 2.45) is 0 Å². The number of amides is 2. The van der Waals surface area contributed by atoms with Crippen LogP contribution in [0.5, 0.6) is 0 Å². The number of thiophene rings is 2. The molecule has 0 saturated heterocycles. The van der Waals surface area contributed by atoms with Gasteiger partial charge in [-0.2, -0.15) is 0 Å². The monoisotopic (exact) mass is 419 g/mol. The molecule has 3 N–H and O–H groups in total. The van der Waals surface area contributed by atoms with Crippen molar-refractivity contribution in [3.05, 3.63) is 93.3 Å². The van der Waals surface area contributed by atoms with Crippen molar-refractivity contribution < 1.29 is 9.59 Å². The van der Waals surface area contributed by atoms with Gasteiger partial charge in [0.25, 0.3) is 11.8 Å². The molecule has 0 atom stereocenters. The minimum Gasteiger partial charge on any atom is -0.356 e. The van der Waals surface area contributed by atoms with Gasteiger partial charge in [0.05, 0.1) is 9.75 Å². The van der Waals surface area contributed by atoms with E-state index in [1.165, 1.54) is 22.7 Å². The topological polar surface area (TPSA) is 70.2 Å². The second-order valence-corrected chi connectivity index (χ2v) is 8.04. The van der Waals surface area contributed by atoms with Gasteiger partial charge in [-0.1, -0.05) is 12.1 Å². The Morgan fingerprint density at radius 3 is 1.28 bits per heavy atom. The van der Waals surface area contributed by atoms with E-state index in [0.29, 0.717) is 9.75 Å². The fraction of sp³-hybridized carbons (Fsp3) is 0. The Hall–Kier alpha value is -3.42. The van der Waals surface area contributed by atoms with Gasteiger partial charge in [0, 0.05) is 22.7 Å². The molecular formula is C22H17N3O2S2. The first-order valence-corrected chi connectivity index (χ1v) is 10.6. The van der Waals surface area contributed by atoms with Crippen molar-refractivity contribution in [1.29, 1.82) is 0 Å². The molecule has 4 aromatic rings. The Morgan fingerprint density at radius 1 is 0.552 bits per heavy atom. The van der Waals surface area contributed by atoms with Gasteiger partial charge in [0.2, 0.25) is 0 Å². The van der Waals surface area contributed by atoms with Gasteiger partial charge in [-0.15, -0.1) is 22.7 Å². The normalized spacial score (nSPS) is 10.3. The Bertz CT molecular complexity index is 998. The third-order valence-electron chi connectivity index (χ3n) is 4.06. The smallest absolute Gasteiger partial charge is 0.265 e. The van der Waals surface area contributed by atoms with Crippen LogP contribution in [0, 0.1) is 0 Å². The fourth-order valence-corrected chi connectivity index (χ4v) is 3.88. The number of anilines is 4. The van der Waals surface area contributed by atoms with Crippen molar-refractivity contribution in [2.45, 2.75) is 0 Å². The quantitative estimate of drug-likeness (QED) is 0.356. The summed E-state index contributed by atoms with van der Waals surface area (Å²) in [4.78, 5) is 25.5. The van der Waals surface area contributed by atoms with E-state index in [4.69, 9.17) is 0 Å². The van der Waals surface area contributed by atoms with Crippen LogP contribution in [0.2, 0.25) is 0 Å². The molecule has 0 unspecified atom stereocenters. The molecular weight excluding hydrogens is 402 g/mol. The zero-order valence-corrected chi connectivity index (χ0v) is 16.8. The van der Waals surface area contributed by atoms with Crippen LogP contribution in [0.15, 0.2) is 83.6 Å². The molecule has 2 amide bonds. The standard InChI is InChI=1S/C22H17N3O2S2/c26-21(19-3-1-13-28-19)24-17-9-5-15(6-10-17)23-16-7-11-18(12-8-16)25-22(27)20-4-2-14-29-20/h1-14,23H,(H,24,26)(H,25,27). The van der Waals surface area contributed by atoms with Gasteiger partial charge in [-0.05, 0) is 71.4 Å². The molecule has 0 aliphatic rings. The van der Waals surface area contributed by atoms with Crippen molar-refractivity contribution in [3.8, 4) is 0 Å². The number of hydrogen-bond donors (Lipinski definition) is 3. The highest BCUT2D eigenvalue weighted by atomic mass is 32.1. The van der Waals surface area contributed by atoms with Gasteiger partial charge in [-0.3, -0.25) is 9.59 Å². The molecule has 2 aromatic carbocycles. The summed E-state index contributed by atoms with van der Waals surface area (Å²) in [7, 11) is 0. The Kier molecular flexibility index (Phi) is 5.69. The molecule has 0 aliphatic carbocycles. The molecule has 5 nitrogen and oxygen atoms in total. The van der Waals surface area contributed by atoms with Crippen molar-refractivity contribution >= 4 is 57.2 Å². The molecule has 2 heterocycles. The molecule has 0 bridgehead atoms. The number of hydrogen-bond acceptors (Lipinski definition) is 5. The Balaban J connectivity index is 1.34. The molecule has 0 saturated carbocycles. The summed E-state index contributed by atoms with van der Waals surface area (Å²) in [6, 6.07) is 22.3. The van der Waals surface area contributed by atoms with Crippen LogP contribution < -0.4 is 16.0 Å². The zero-order chi connectivity index (χ0) is 20.1. The van der Waals surface area contributed by atoms with Crippen LogP contribution in [-0.2, 0) is 0 Å².